The van der Waals surface area contributed by atoms with Crippen LogP contribution in [0.2, 0.25) is 0 Å². The van der Waals surface area contributed by atoms with Gasteiger partial charge in [-0.05, 0) is 6.92 Å². The Morgan fingerprint density at radius 1 is 1.53 bits per heavy atom. The van der Waals surface area contributed by atoms with Gasteiger partial charge in [0.15, 0.2) is 0 Å². The molecule has 4 nitrogen and oxygen atoms in total. The van der Waals surface area contributed by atoms with Crippen LogP contribution < -0.4 is 5.32 Å². The molecule has 84 valence electrons. The van der Waals surface area contributed by atoms with Gasteiger partial charge in [0, 0.05) is 31.6 Å². The van der Waals surface area contributed by atoms with Crippen LogP contribution in [0.1, 0.15) is 20.8 Å². The highest BCUT2D eigenvalue weighted by Crippen LogP contribution is 2.14. The van der Waals surface area contributed by atoms with Crippen LogP contribution in [0, 0.1) is 23.2 Å². The molecule has 0 bridgehead atoms. The molecule has 15 heavy (non-hydrogen) atoms. The van der Waals surface area contributed by atoms with Crippen LogP contribution in [-0.2, 0) is 4.79 Å². The Labute approximate surface area is 91.2 Å². The van der Waals surface area contributed by atoms with E-state index in [4.69, 9.17) is 5.26 Å². The first-order chi connectivity index (χ1) is 7.02. The molecule has 1 aliphatic heterocycles. The van der Waals surface area contributed by atoms with Gasteiger partial charge >= 0.3 is 0 Å². The van der Waals surface area contributed by atoms with Gasteiger partial charge in [0.2, 0.25) is 5.91 Å². The number of likely N-dealkylation sites (tertiary alicyclic amines) is 1. The second-order valence-electron chi connectivity index (χ2n) is 4.61. The van der Waals surface area contributed by atoms with Crippen molar-refractivity contribution >= 4 is 5.91 Å². The molecule has 0 aliphatic carbocycles. The summed E-state index contributed by atoms with van der Waals surface area (Å²) in [7, 11) is 0. The standard InChI is InChI=1S/C11H19N3O/c1-8(2)11(15)13-9(3)5-14-6-10(4-12)7-14/h8-10H,5-7H2,1-3H3,(H,13,15). The predicted molar refractivity (Wildman–Crippen MR) is 58.0 cm³/mol. The summed E-state index contributed by atoms with van der Waals surface area (Å²) in [6, 6.07) is 2.40. The van der Waals surface area contributed by atoms with E-state index in [0.717, 1.165) is 19.6 Å². The average Bonchev–Trinajstić information content (AvgIpc) is 2.10. The van der Waals surface area contributed by atoms with Gasteiger partial charge < -0.3 is 5.32 Å². The van der Waals surface area contributed by atoms with E-state index in [-0.39, 0.29) is 23.8 Å². The zero-order chi connectivity index (χ0) is 11.4. The number of nitrogens with one attached hydrogen (secondary N) is 1. The van der Waals surface area contributed by atoms with E-state index in [0.29, 0.717) is 0 Å². The van der Waals surface area contributed by atoms with Crippen molar-refractivity contribution in [2.24, 2.45) is 11.8 Å². The second-order valence-corrected chi connectivity index (χ2v) is 4.61. The lowest BCUT2D eigenvalue weighted by Crippen LogP contribution is -2.52. The Bertz CT molecular complexity index is 263. The molecular weight excluding hydrogens is 190 g/mol. The molecule has 0 aromatic carbocycles. The van der Waals surface area contributed by atoms with Crippen LogP contribution >= 0.6 is 0 Å². The average molecular weight is 209 g/mol. The summed E-state index contributed by atoms with van der Waals surface area (Å²) in [6.45, 7) is 8.31. The highest BCUT2D eigenvalue weighted by molar-refractivity contribution is 5.78. The maximum atomic E-state index is 11.4. The summed E-state index contributed by atoms with van der Waals surface area (Å²) in [5.74, 6) is 0.327. The molecule has 1 atom stereocenters. The van der Waals surface area contributed by atoms with Crippen LogP contribution in [0.3, 0.4) is 0 Å². The zero-order valence-electron chi connectivity index (χ0n) is 9.66. The highest BCUT2D eigenvalue weighted by Gasteiger charge is 2.27. The van der Waals surface area contributed by atoms with Crippen LogP contribution in [0.4, 0.5) is 0 Å². The Morgan fingerprint density at radius 3 is 2.60 bits per heavy atom. The van der Waals surface area contributed by atoms with Crippen LogP contribution in [0.15, 0.2) is 0 Å². The normalized spacial score (nSPS) is 19.4. The lowest BCUT2D eigenvalue weighted by Gasteiger charge is -2.37. The number of nitriles is 1. The number of carbonyl (C=O) groups excluding carboxylic acids is 1. The summed E-state index contributed by atoms with van der Waals surface area (Å²) >= 11 is 0. The fraction of sp³-hybridized carbons (Fsp3) is 0.818. The molecule has 1 aliphatic rings. The molecule has 4 heteroatoms. The molecule has 0 spiro atoms. The Kier molecular flexibility index (Phi) is 4.10. The molecule has 1 rings (SSSR count). The summed E-state index contributed by atoms with van der Waals surface area (Å²) < 4.78 is 0. The fourth-order valence-electron chi connectivity index (χ4n) is 1.64. The Balaban J connectivity index is 2.18. The van der Waals surface area contributed by atoms with E-state index in [1.54, 1.807) is 0 Å². The van der Waals surface area contributed by atoms with E-state index in [2.05, 4.69) is 16.3 Å². The number of nitrogens with zero attached hydrogens (tertiary/aromatic N) is 2. The lowest BCUT2D eigenvalue weighted by atomic mass is 10.0. The zero-order valence-corrected chi connectivity index (χ0v) is 9.66. The molecule has 1 heterocycles. The summed E-state index contributed by atoms with van der Waals surface area (Å²) in [6.07, 6.45) is 0. The van der Waals surface area contributed by atoms with Crippen molar-refractivity contribution < 1.29 is 4.79 Å². The predicted octanol–water partition coefficient (Wildman–Crippen LogP) is 0.602. The van der Waals surface area contributed by atoms with Gasteiger partial charge in [-0.25, -0.2) is 0 Å². The van der Waals surface area contributed by atoms with Crippen molar-refractivity contribution in [2.75, 3.05) is 19.6 Å². The van der Waals surface area contributed by atoms with Gasteiger partial charge in [0.1, 0.15) is 0 Å². The first-order valence-electron chi connectivity index (χ1n) is 5.45. The van der Waals surface area contributed by atoms with Crippen LogP contribution in [-0.4, -0.2) is 36.5 Å². The van der Waals surface area contributed by atoms with Crippen molar-refractivity contribution in [3.8, 4) is 6.07 Å². The molecule has 0 saturated carbocycles. The Hall–Kier alpha value is -1.08. The molecule has 0 aromatic heterocycles. The second kappa shape index (κ2) is 5.13. The first kappa shape index (κ1) is 12.0. The third kappa shape index (κ3) is 3.52. The van der Waals surface area contributed by atoms with Crippen molar-refractivity contribution in [2.45, 2.75) is 26.8 Å². The summed E-state index contributed by atoms with van der Waals surface area (Å²) in [5.41, 5.74) is 0. The van der Waals surface area contributed by atoms with Gasteiger partial charge in [-0.1, -0.05) is 13.8 Å². The number of carbonyl (C=O) groups is 1. The van der Waals surface area contributed by atoms with Crippen molar-refractivity contribution in [1.82, 2.24) is 10.2 Å². The summed E-state index contributed by atoms with van der Waals surface area (Å²) in [4.78, 5) is 13.6. The van der Waals surface area contributed by atoms with Crippen LogP contribution in [0.25, 0.3) is 0 Å². The third-order valence-corrected chi connectivity index (χ3v) is 2.58. The van der Waals surface area contributed by atoms with E-state index in [1.165, 1.54) is 0 Å². The van der Waals surface area contributed by atoms with E-state index in [1.807, 2.05) is 20.8 Å². The van der Waals surface area contributed by atoms with Crippen molar-refractivity contribution in [1.29, 1.82) is 5.26 Å². The number of hydrogen-bond acceptors (Lipinski definition) is 3. The lowest BCUT2D eigenvalue weighted by molar-refractivity contribution is -0.124. The molecule has 1 unspecified atom stereocenters. The molecule has 1 amide bonds. The maximum absolute atomic E-state index is 11.4. The minimum Gasteiger partial charge on any atom is -0.352 e. The molecule has 1 fully saturated rings. The first-order valence-corrected chi connectivity index (χ1v) is 5.45. The van der Waals surface area contributed by atoms with Crippen molar-refractivity contribution in [3.63, 3.8) is 0 Å². The van der Waals surface area contributed by atoms with Gasteiger partial charge in [0.25, 0.3) is 0 Å². The Morgan fingerprint density at radius 2 is 2.13 bits per heavy atom. The van der Waals surface area contributed by atoms with E-state index >= 15 is 0 Å². The largest absolute Gasteiger partial charge is 0.352 e. The monoisotopic (exact) mass is 209 g/mol. The third-order valence-electron chi connectivity index (χ3n) is 2.58. The minimum atomic E-state index is 0.0377. The number of rotatable bonds is 4. The minimum absolute atomic E-state index is 0.0377. The molecule has 0 radical (unpaired) electrons. The van der Waals surface area contributed by atoms with E-state index in [9.17, 15) is 4.79 Å². The van der Waals surface area contributed by atoms with Gasteiger partial charge in [0.05, 0.1) is 12.0 Å². The van der Waals surface area contributed by atoms with Gasteiger partial charge in [-0.3, -0.25) is 9.69 Å². The van der Waals surface area contributed by atoms with Crippen LogP contribution in [0.5, 0.6) is 0 Å². The van der Waals surface area contributed by atoms with Crippen molar-refractivity contribution in [3.05, 3.63) is 0 Å². The SMILES string of the molecule is CC(CN1CC(C#N)C1)NC(=O)C(C)C. The maximum Gasteiger partial charge on any atom is 0.222 e. The topological polar surface area (TPSA) is 56.1 Å². The van der Waals surface area contributed by atoms with Gasteiger partial charge in [-0.15, -0.1) is 0 Å². The fourth-order valence-corrected chi connectivity index (χ4v) is 1.64. The molecule has 1 N–H and O–H groups in total. The number of amides is 1. The molecular formula is C11H19N3O. The molecule has 1 saturated heterocycles. The summed E-state index contributed by atoms with van der Waals surface area (Å²) in [5, 5.41) is 11.6. The molecule has 0 aromatic rings. The smallest absolute Gasteiger partial charge is 0.222 e. The highest BCUT2D eigenvalue weighted by atomic mass is 16.1. The number of hydrogen-bond donors (Lipinski definition) is 1. The quantitative estimate of drug-likeness (QED) is 0.737. The van der Waals surface area contributed by atoms with Gasteiger partial charge in [-0.2, -0.15) is 5.26 Å². The van der Waals surface area contributed by atoms with E-state index < -0.39 is 0 Å².